The van der Waals surface area contributed by atoms with Crippen LogP contribution in [-0.2, 0) is 9.53 Å². The molecule has 0 saturated carbocycles. The average molecular weight is 489 g/mol. The van der Waals surface area contributed by atoms with E-state index < -0.39 is 5.97 Å². The van der Waals surface area contributed by atoms with Crippen molar-refractivity contribution < 1.29 is 14.3 Å². The lowest BCUT2D eigenvalue weighted by molar-refractivity contribution is -0.121. The van der Waals surface area contributed by atoms with Crippen LogP contribution in [0.2, 0.25) is 0 Å². The second-order valence-corrected chi connectivity index (χ2v) is 9.32. The van der Waals surface area contributed by atoms with Gasteiger partial charge in [-0.05, 0) is 61.7 Å². The molecular weight excluding hydrogens is 468 g/mol. The Morgan fingerprint density at radius 2 is 1.53 bits per heavy atom. The summed E-state index contributed by atoms with van der Waals surface area (Å²) in [5, 5.41) is 9.00. The standard InChI is InChI=1S/C25H20N4O3S2/c1-16-26-27-25(33-2)28(16)18-13-11-17(12-14-18)24(31)32-15-23(30)29-19-7-3-5-9-21(19)34-22-10-6-4-8-20(22)29/h3-14H,15H2,1-2H3. The molecule has 1 aromatic heterocycles. The maximum Gasteiger partial charge on any atom is 0.338 e. The summed E-state index contributed by atoms with van der Waals surface area (Å²) in [6, 6.07) is 22.4. The molecule has 7 nitrogen and oxygen atoms in total. The van der Waals surface area contributed by atoms with Gasteiger partial charge in [0.05, 0.1) is 16.9 Å². The van der Waals surface area contributed by atoms with Crippen molar-refractivity contribution in [3.05, 3.63) is 84.2 Å². The van der Waals surface area contributed by atoms with Gasteiger partial charge < -0.3 is 4.74 Å². The molecule has 3 aromatic carbocycles. The van der Waals surface area contributed by atoms with Gasteiger partial charge >= 0.3 is 5.97 Å². The minimum Gasteiger partial charge on any atom is -0.452 e. The number of amides is 1. The van der Waals surface area contributed by atoms with Gasteiger partial charge in [-0.25, -0.2) is 4.79 Å². The van der Waals surface area contributed by atoms with E-state index in [0.717, 1.165) is 37.8 Å². The molecule has 1 aliphatic heterocycles. The van der Waals surface area contributed by atoms with Crippen LogP contribution in [0.1, 0.15) is 16.2 Å². The van der Waals surface area contributed by atoms with Crippen LogP contribution in [0, 0.1) is 6.92 Å². The number of nitrogens with zero attached hydrogens (tertiary/aromatic N) is 4. The molecule has 0 bridgehead atoms. The van der Waals surface area contributed by atoms with Crippen molar-refractivity contribution in [1.82, 2.24) is 14.8 Å². The van der Waals surface area contributed by atoms with Crippen LogP contribution in [-0.4, -0.2) is 39.5 Å². The zero-order chi connectivity index (χ0) is 23.7. The lowest BCUT2D eigenvalue weighted by Crippen LogP contribution is -2.32. The van der Waals surface area contributed by atoms with Crippen molar-refractivity contribution in [2.75, 3.05) is 17.8 Å². The van der Waals surface area contributed by atoms with E-state index in [1.165, 1.54) is 11.8 Å². The normalized spacial score (nSPS) is 12.1. The van der Waals surface area contributed by atoms with Gasteiger partial charge in [-0.15, -0.1) is 10.2 Å². The molecule has 0 N–H and O–H groups in total. The van der Waals surface area contributed by atoms with E-state index in [0.29, 0.717) is 5.56 Å². The molecule has 34 heavy (non-hydrogen) atoms. The molecule has 2 heterocycles. The van der Waals surface area contributed by atoms with Crippen molar-refractivity contribution in [2.45, 2.75) is 21.9 Å². The highest BCUT2D eigenvalue weighted by Gasteiger charge is 2.28. The third kappa shape index (κ3) is 4.08. The number of hydrogen-bond donors (Lipinski definition) is 0. The van der Waals surface area contributed by atoms with Gasteiger partial charge in [0.15, 0.2) is 11.8 Å². The first-order chi connectivity index (χ1) is 16.6. The van der Waals surface area contributed by atoms with Gasteiger partial charge in [0.1, 0.15) is 5.82 Å². The topological polar surface area (TPSA) is 77.3 Å². The summed E-state index contributed by atoms with van der Waals surface area (Å²) in [6.45, 7) is 1.50. The molecule has 0 saturated heterocycles. The van der Waals surface area contributed by atoms with Crippen LogP contribution in [0.15, 0.2) is 87.7 Å². The van der Waals surface area contributed by atoms with Crippen LogP contribution in [0.5, 0.6) is 0 Å². The number of aromatic nitrogens is 3. The number of hydrogen-bond acceptors (Lipinski definition) is 7. The number of ether oxygens (including phenoxy) is 1. The first-order valence-electron chi connectivity index (χ1n) is 10.5. The molecule has 0 atom stereocenters. The largest absolute Gasteiger partial charge is 0.452 e. The first-order valence-corrected chi connectivity index (χ1v) is 12.5. The molecule has 4 aromatic rings. The summed E-state index contributed by atoms with van der Waals surface area (Å²) in [7, 11) is 0. The Balaban J connectivity index is 1.32. The van der Waals surface area contributed by atoms with E-state index in [4.69, 9.17) is 4.74 Å². The summed E-state index contributed by atoms with van der Waals surface area (Å²) in [5.41, 5.74) is 2.78. The number of benzene rings is 3. The van der Waals surface area contributed by atoms with Crippen molar-refractivity contribution in [1.29, 1.82) is 0 Å². The Bertz CT molecular complexity index is 1340. The summed E-state index contributed by atoms with van der Waals surface area (Å²) in [4.78, 5) is 29.5. The Kier molecular flexibility index (Phi) is 6.12. The number of thioether (sulfide) groups is 1. The van der Waals surface area contributed by atoms with E-state index in [-0.39, 0.29) is 12.5 Å². The smallest absolute Gasteiger partial charge is 0.338 e. The number of anilines is 2. The Labute approximate surface area is 205 Å². The molecule has 0 unspecified atom stereocenters. The maximum atomic E-state index is 13.2. The quantitative estimate of drug-likeness (QED) is 0.279. The third-order valence-corrected chi connectivity index (χ3v) is 7.11. The number of rotatable bonds is 5. The second kappa shape index (κ2) is 9.36. The van der Waals surface area contributed by atoms with Gasteiger partial charge in [-0.3, -0.25) is 14.3 Å². The molecule has 170 valence electrons. The predicted molar refractivity (Wildman–Crippen MR) is 132 cm³/mol. The zero-order valence-electron chi connectivity index (χ0n) is 18.5. The van der Waals surface area contributed by atoms with Gasteiger partial charge in [-0.2, -0.15) is 0 Å². The fourth-order valence-electron chi connectivity index (χ4n) is 3.77. The molecule has 0 aliphatic carbocycles. The van der Waals surface area contributed by atoms with Crippen LogP contribution in [0.3, 0.4) is 0 Å². The molecule has 1 amide bonds. The van der Waals surface area contributed by atoms with Gasteiger partial charge in [0, 0.05) is 15.5 Å². The average Bonchev–Trinajstić information content (AvgIpc) is 3.26. The summed E-state index contributed by atoms with van der Waals surface area (Å²) in [5.74, 6) is -0.112. The number of aryl methyl sites for hydroxylation is 1. The minimum absolute atomic E-state index is 0.310. The predicted octanol–water partition coefficient (Wildman–Crippen LogP) is 5.28. The number of para-hydroxylation sites is 2. The lowest BCUT2D eigenvalue weighted by atomic mass is 10.2. The van der Waals surface area contributed by atoms with Crippen molar-refractivity contribution >= 4 is 46.8 Å². The van der Waals surface area contributed by atoms with Gasteiger partial charge in [0.25, 0.3) is 5.91 Å². The fraction of sp³-hybridized carbons (Fsp3) is 0.120. The van der Waals surface area contributed by atoms with Crippen molar-refractivity contribution in [3.63, 3.8) is 0 Å². The maximum absolute atomic E-state index is 13.2. The number of fused-ring (bicyclic) bond motifs is 2. The van der Waals surface area contributed by atoms with Crippen molar-refractivity contribution in [2.24, 2.45) is 0 Å². The van der Waals surface area contributed by atoms with E-state index in [1.807, 2.05) is 78.4 Å². The second-order valence-electron chi connectivity index (χ2n) is 7.46. The Hall–Kier alpha value is -3.56. The summed E-state index contributed by atoms with van der Waals surface area (Å²) >= 11 is 3.11. The molecule has 9 heteroatoms. The van der Waals surface area contributed by atoms with Crippen LogP contribution >= 0.6 is 23.5 Å². The monoisotopic (exact) mass is 488 g/mol. The highest BCUT2D eigenvalue weighted by Crippen LogP contribution is 2.47. The zero-order valence-corrected chi connectivity index (χ0v) is 20.1. The third-order valence-electron chi connectivity index (χ3n) is 5.35. The van der Waals surface area contributed by atoms with Crippen LogP contribution in [0.25, 0.3) is 5.69 Å². The molecule has 0 fully saturated rings. The lowest BCUT2D eigenvalue weighted by Gasteiger charge is -2.30. The van der Waals surface area contributed by atoms with Crippen LogP contribution in [0.4, 0.5) is 11.4 Å². The minimum atomic E-state index is -0.557. The molecule has 5 rings (SSSR count). The summed E-state index contributed by atoms with van der Waals surface area (Å²) < 4.78 is 7.31. The van der Waals surface area contributed by atoms with Gasteiger partial charge in [0.2, 0.25) is 0 Å². The molecular formula is C25H20N4O3S2. The van der Waals surface area contributed by atoms with E-state index in [9.17, 15) is 9.59 Å². The number of esters is 1. The van der Waals surface area contributed by atoms with E-state index in [1.54, 1.807) is 28.8 Å². The first kappa shape index (κ1) is 22.2. The summed E-state index contributed by atoms with van der Waals surface area (Å²) in [6.07, 6.45) is 1.93. The van der Waals surface area contributed by atoms with Crippen molar-refractivity contribution in [3.8, 4) is 5.69 Å². The number of carbonyl (C=O) groups is 2. The van der Waals surface area contributed by atoms with E-state index >= 15 is 0 Å². The fourth-order valence-corrected chi connectivity index (χ4v) is 5.37. The Morgan fingerprint density at radius 3 is 2.15 bits per heavy atom. The number of carbonyl (C=O) groups excluding carboxylic acids is 2. The molecule has 0 radical (unpaired) electrons. The van der Waals surface area contributed by atoms with Crippen LogP contribution < -0.4 is 4.90 Å². The molecule has 0 spiro atoms. The SMILES string of the molecule is CSc1nnc(C)n1-c1ccc(C(=O)OCC(=O)N2c3ccccc3Sc3ccccc32)cc1. The highest BCUT2D eigenvalue weighted by molar-refractivity contribution is 7.99. The highest BCUT2D eigenvalue weighted by atomic mass is 32.2. The van der Waals surface area contributed by atoms with Gasteiger partial charge in [-0.1, -0.05) is 47.8 Å². The Morgan fingerprint density at radius 1 is 0.912 bits per heavy atom. The molecule has 1 aliphatic rings. The van der Waals surface area contributed by atoms with E-state index in [2.05, 4.69) is 10.2 Å².